The molecule has 206 valence electrons. The number of aromatic nitrogens is 2. The molecule has 3 aromatic rings. The van der Waals surface area contributed by atoms with Crippen LogP contribution in [-0.4, -0.2) is 83.1 Å². The van der Waals surface area contributed by atoms with Crippen molar-refractivity contribution in [2.24, 2.45) is 11.8 Å². The van der Waals surface area contributed by atoms with Crippen LogP contribution in [0.25, 0.3) is 11.0 Å². The third-order valence-electron chi connectivity index (χ3n) is 7.27. The van der Waals surface area contributed by atoms with E-state index in [4.69, 9.17) is 9.72 Å². The zero-order valence-electron chi connectivity index (χ0n) is 21.8. The Morgan fingerprint density at radius 2 is 1.95 bits per heavy atom. The van der Waals surface area contributed by atoms with Gasteiger partial charge in [-0.15, -0.1) is 11.3 Å². The monoisotopic (exact) mass is 539 g/mol. The first-order valence-corrected chi connectivity index (χ1v) is 14.2. The van der Waals surface area contributed by atoms with Crippen LogP contribution in [-0.2, 0) is 22.5 Å². The third kappa shape index (κ3) is 6.27. The minimum Gasteiger partial charge on any atom is -0.378 e. The number of ether oxygens (including phenoxy) is 1. The van der Waals surface area contributed by atoms with Gasteiger partial charge in [-0.3, -0.25) is 9.59 Å². The van der Waals surface area contributed by atoms with Gasteiger partial charge in [-0.05, 0) is 42.3 Å². The Bertz CT molecular complexity index is 1200. The Kier molecular flexibility index (Phi) is 9.57. The van der Waals surface area contributed by atoms with Crippen LogP contribution in [0, 0.1) is 11.8 Å². The van der Waals surface area contributed by atoms with Crippen molar-refractivity contribution in [3.63, 3.8) is 0 Å². The molecule has 0 spiro atoms. The molecule has 2 aliphatic heterocycles. The smallest absolute Gasteiger partial charge is 0.290 e. The van der Waals surface area contributed by atoms with E-state index in [2.05, 4.69) is 41.2 Å². The fraction of sp³-hybridized carbons (Fsp3) is 0.552. The third-order valence-corrected chi connectivity index (χ3v) is 8.21. The maximum absolute atomic E-state index is 14.2. The number of rotatable bonds is 8. The predicted octanol–water partition coefficient (Wildman–Crippen LogP) is 3.91. The molecule has 0 unspecified atom stereocenters. The number of hydrogen-bond donors (Lipinski definition) is 1. The summed E-state index contributed by atoms with van der Waals surface area (Å²) in [5.74, 6) is 0.753. The van der Waals surface area contributed by atoms with Gasteiger partial charge in [-0.25, -0.2) is 4.98 Å². The standard InChI is InChI=1S/C28H37N5O3S.CH4/c1-20(2)19-33(22-16-21(17-29-18-22)27(34)31-11-13-36-14-12-31)28(35)26-30-24-7-3-4-8-25(24)32(26)10-9-23-6-5-15-37-23;/h3-8,15,20-22,29H,9-14,16-19H2,1-2H3;1H4/t21-,22+;/m1./s1. The summed E-state index contributed by atoms with van der Waals surface area (Å²) in [6.07, 6.45) is 1.51. The first-order valence-electron chi connectivity index (χ1n) is 13.4. The molecule has 38 heavy (non-hydrogen) atoms. The van der Waals surface area contributed by atoms with E-state index in [9.17, 15) is 9.59 Å². The number of piperidine rings is 1. The lowest BCUT2D eigenvalue weighted by atomic mass is 9.92. The van der Waals surface area contributed by atoms with Crippen molar-refractivity contribution in [2.75, 3.05) is 45.9 Å². The lowest BCUT2D eigenvalue weighted by Gasteiger charge is -2.40. The minimum atomic E-state index is -0.142. The Morgan fingerprint density at radius 3 is 2.68 bits per heavy atom. The van der Waals surface area contributed by atoms with Crippen LogP contribution in [0.15, 0.2) is 41.8 Å². The molecule has 1 aromatic carbocycles. The highest BCUT2D eigenvalue weighted by Crippen LogP contribution is 2.24. The Labute approximate surface area is 230 Å². The molecule has 0 aliphatic carbocycles. The Hall–Kier alpha value is -2.75. The largest absolute Gasteiger partial charge is 0.378 e. The zero-order valence-corrected chi connectivity index (χ0v) is 22.6. The summed E-state index contributed by atoms with van der Waals surface area (Å²) in [6.45, 7) is 9.38. The molecule has 2 fully saturated rings. The van der Waals surface area contributed by atoms with Gasteiger partial charge in [-0.2, -0.15) is 0 Å². The van der Waals surface area contributed by atoms with Crippen LogP contribution in [0.1, 0.15) is 43.2 Å². The normalized spacial score (nSPS) is 19.9. The zero-order chi connectivity index (χ0) is 25.8. The van der Waals surface area contributed by atoms with Gasteiger partial charge < -0.3 is 24.4 Å². The number of nitrogens with zero attached hydrogens (tertiary/aromatic N) is 4. The lowest BCUT2D eigenvalue weighted by molar-refractivity contribution is -0.140. The van der Waals surface area contributed by atoms with E-state index in [1.807, 2.05) is 34.1 Å². The number of para-hydroxylation sites is 2. The molecule has 2 saturated heterocycles. The second-order valence-corrected chi connectivity index (χ2v) is 11.5. The van der Waals surface area contributed by atoms with Crippen molar-refractivity contribution in [3.8, 4) is 0 Å². The number of fused-ring (bicyclic) bond motifs is 1. The quantitative estimate of drug-likeness (QED) is 0.470. The number of imidazole rings is 1. The number of carbonyl (C=O) groups excluding carboxylic acids is 2. The van der Waals surface area contributed by atoms with Crippen molar-refractivity contribution in [1.29, 1.82) is 0 Å². The van der Waals surface area contributed by atoms with Crippen LogP contribution < -0.4 is 5.32 Å². The second-order valence-electron chi connectivity index (χ2n) is 10.4. The molecule has 9 heteroatoms. The van der Waals surface area contributed by atoms with Crippen LogP contribution in [0.2, 0.25) is 0 Å². The van der Waals surface area contributed by atoms with E-state index in [-0.39, 0.29) is 31.2 Å². The molecule has 0 radical (unpaired) electrons. The summed E-state index contributed by atoms with van der Waals surface area (Å²) in [6, 6.07) is 12.1. The van der Waals surface area contributed by atoms with E-state index >= 15 is 0 Å². The highest BCUT2D eigenvalue weighted by molar-refractivity contribution is 7.09. The second kappa shape index (κ2) is 12.9. The summed E-state index contributed by atoms with van der Waals surface area (Å²) in [5.41, 5.74) is 1.82. The van der Waals surface area contributed by atoms with Gasteiger partial charge in [-0.1, -0.05) is 39.5 Å². The molecule has 2 amide bonds. The number of nitrogens with one attached hydrogen (secondary N) is 1. The number of carbonyl (C=O) groups is 2. The maximum Gasteiger partial charge on any atom is 0.290 e. The molecule has 0 saturated carbocycles. The summed E-state index contributed by atoms with van der Waals surface area (Å²) in [5, 5.41) is 5.54. The van der Waals surface area contributed by atoms with Crippen LogP contribution in [0.4, 0.5) is 0 Å². The van der Waals surface area contributed by atoms with Crippen molar-refractivity contribution < 1.29 is 14.3 Å². The fourth-order valence-corrected chi connectivity index (χ4v) is 6.15. The van der Waals surface area contributed by atoms with Gasteiger partial charge in [0.1, 0.15) is 0 Å². The molecule has 5 rings (SSSR count). The van der Waals surface area contributed by atoms with Crippen molar-refractivity contribution in [1.82, 2.24) is 24.7 Å². The molecule has 1 N–H and O–H groups in total. The van der Waals surface area contributed by atoms with E-state index in [1.54, 1.807) is 11.3 Å². The number of amides is 2. The van der Waals surface area contributed by atoms with Crippen LogP contribution in [0.5, 0.6) is 0 Å². The summed E-state index contributed by atoms with van der Waals surface area (Å²) in [7, 11) is 0. The minimum absolute atomic E-state index is 0. The van der Waals surface area contributed by atoms with E-state index in [0.29, 0.717) is 70.6 Å². The number of hydrogen-bond acceptors (Lipinski definition) is 6. The Balaban J connectivity index is 0.00000336. The van der Waals surface area contributed by atoms with Crippen molar-refractivity contribution in [2.45, 2.75) is 46.7 Å². The predicted molar refractivity (Wildman–Crippen MR) is 153 cm³/mol. The highest BCUT2D eigenvalue weighted by Gasteiger charge is 2.36. The molecule has 2 atom stereocenters. The van der Waals surface area contributed by atoms with Gasteiger partial charge >= 0.3 is 0 Å². The number of thiophene rings is 1. The number of aryl methyl sites for hydroxylation is 2. The first-order chi connectivity index (χ1) is 18.0. The summed E-state index contributed by atoms with van der Waals surface area (Å²) < 4.78 is 7.51. The summed E-state index contributed by atoms with van der Waals surface area (Å²) >= 11 is 1.74. The molecule has 2 aromatic heterocycles. The molecule has 4 heterocycles. The van der Waals surface area contributed by atoms with E-state index < -0.39 is 0 Å². The van der Waals surface area contributed by atoms with Crippen molar-refractivity contribution in [3.05, 3.63) is 52.5 Å². The average molecular weight is 540 g/mol. The highest BCUT2D eigenvalue weighted by atomic mass is 32.1. The van der Waals surface area contributed by atoms with Crippen LogP contribution >= 0.6 is 11.3 Å². The van der Waals surface area contributed by atoms with Gasteiger partial charge in [0.25, 0.3) is 5.91 Å². The van der Waals surface area contributed by atoms with Gasteiger partial charge in [0, 0.05) is 50.2 Å². The lowest BCUT2D eigenvalue weighted by Crippen LogP contribution is -2.56. The molecular weight excluding hydrogens is 498 g/mol. The molecular formula is C29H41N5O3S. The SMILES string of the molecule is C.CC(C)CN(C(=O)c1nc2ccccc2n1CCc1cccs1)[C@@H]1CNC[C@H](C(=O)N2CCOCC2)C1. The van der Waals surface area contributed by atoms with E-state index in [0.717, 1.165) is 17.5 Å². The molecule has 0 bridgehead atoms. The summed E-state index contributed by atoms with van der Waals surface area (Å²) in [4.78, 5) is 37.5. The van der Waals surface area contributed by atoms with Crippen molar-refractivity contribution >= 4 is 34.2 Å². The first kappa shape index (κ1) is 28.3. The fourth-order valence-electron chi connectivity index (χ4n) is 5.45. The number of benzene rings is 1. The Morgan fingerprint density at radius 1 is 1.16 bits per heavy atom. The molecule has 8 nitrogen and oxygen atoms in total. The van der Waals surface area contributed by atoms with Gasteiger partial charge in [0.05, 0.1) is 30.2 Å². The van der Waals surface area contributed by atoms with Crippen LogP contribution in [0.3, 0.4) is 0 Å². The maximum atomic E-state index is 14.2. The van der Waals surface area contributed by atoms with E-state index in [1.165, 1.54) is 4.88 Å². The number of morpholine rings is 1. The molecule has 2 aliphatic rings. The van der Waals surface area contributed by atoms with Gasteiger partial charge in [0.15, 0.2) is 5.82 Å². The average Bonchev–Trinajstić information content (AvgIpc) is 3.58. The topological polar surface area (TPSA) is 79.7 Å². The van der Waals surface area contributed by atoms with Gasteiger partial charge in [0.2, 0.25) is 5.91 Å².